The molecule has 1 aromatic heterocycles. The van der Waals surface area contributed by atoms with Gasteiger partial charge >= 0.3 is 5.97 Å². The molecule has 0 atom stereocenters. The lowest BCUT2D eigenvalue weighted by atomic mass is 10.1. The van der Waals surface area contributed by atoms with E-state index in [-0.39, 0.29) is 11.9 Å². The summed E-state index contributed by atoms with van der Waals surface area (Å²) >= 11 is 0. The van der Waals surface area contributed by atoms with Crippen molar-refractivity contribution >= 4 is 28.5 Å². The number of carbonyl (C=O) groups is 2. The first-order valence-electron chi connectivity index (χ1n) is 6.94. The van der Waals surface area contributed by atoms with E-state index in [1.807, 2.05) is 0 Å². The molecule has 0 saturated heterocycles. The Labute approximate surface area is 122 Å². The van der Waals surface area contributed by atoms with Crippen LogP contribution in [-0.4, -0.2) is 24.0 Å². The maximum atomic E-state index is 11.9. The Morgan fingerprint density at radius 3 is 2.86 bits per heavy atom. The van der Waals surface area contributed by atoms with Gasteiger partial charge in [0, 0.05) is 18.0 Å². The predicted octanol–water partition coefficient (Wildman–Crippen LogP) is 2.76. The van der Waals surface area contributed by atoms with E-state index in [9.17, 15) is 9.59 Å². The number of hydrogen-bond acceptors (Lipinski definition) is 4. The molecule has 0 bridgehead atoms. The van der Waals surface area contributed by atoms with Crippen LogP contribution < -0.4 is 5.32 Å². The number of methoxy groups -OCH3 is 1. The van der Waals surface area contributed by atoms with Crippen LogP contribution in [0.3, 0.4) is 0 Å². The number of nitrogens with one attached hydrogen (secondary N) is 1. The van der Waals surface area contributed by atoms with Crippen molar-refractivity contribution in [2.45, 2.75) is 19.3 Å². The van der Waals surface area contributed by atoms with Crippen LogP contribution in [0, 0.1) is 5.92 Å². The normalized spacial score (nSPS) is 14.0. The molecule has 3 rings (SSSR count). The molecular weight excluding hydrogens is 268 g/mol. The van der Waals surface area contributed by atoms with Gasteiger partial charge in [-0.1, -0.05) is 0 Å². The maximum Gasteiger partial charge on any atom is 0.337 e. The highest BCUT2D eigenvalue weighted by atomic mass is 16.5. The minimum atomic E-state index is -0.381. The highest BCUT2D eigenvalue weighted by Gasteiger charge is 2.24. The van der Waals surface area contributed by atoms with Gasteiger partial charge in [0.1, 0.15) is 5.82 Å². The third-order valence-electron chi connectivity index (χ3n) is 3.61. The summed E-state index contributed by atoms with van der Waals surface area (Å²) in [7, 11) is 1.35. The number of carbonyl (C=O) groups excluding carboxylic acids is 2. The van der Waals surface area contributed by atoms with Crippen LogP contribution in [0.5, 0.6) is 0 Å². The van der Waals surface area contributed by atoms with Crippen LogP contribution in [0.15, 0.2) is 30.5 Å². The summed E-state index contributed by atoms with van der Waals surface area (Å²) in [5.74, 6) is 0.683. The molecule has 1 saturated carbocycles. The van der Waals surface area contributed by atoms with E-state index in [2.05, 4.69) is 10.3 Å². The molecule has 1 heterocycles. The summed E-state index contributed by atoms with van der Waals surface area (Å²) in [6, 6.07) is 6.99. The molecule has 1 aliphatic carbocycles. The van der Waals surface area contributed by atoms with Gasteiger partial charge in [0.05, 0.1) is 12.7 Å². The van der Waals surface area contributed by atoms with Crippen molar-refractivity contribution in [3.05, 3.63) is 36.0 Å². The molecule has 0 radical (unpaired) electrons. The highest BCUT2D eigenvalue weighted by Crippen LogP contribution is 2.32. The number of benzene rings is 1. The second-order valence-electron chi connectivity index (χ2n) is 5.28. The Balaban J connectivity index is 1.88. The summed E-state index contributed by atoms with van der Waals surface area (Å²) in [5, 5.41) is 4.51. The quantitative estimate of drug-likeness (QED) is 0.876. The third-order valence-corrected chi connectivity index (χ3v) is 3.61. The summed E-state index contributed by atoms with van der Waals surface area (Å²) in [5.41, 5.74) is 0.478. The largest absolute Gasteiger partial charge is 0.465 e. The van der Waals surface area contributed by atoms with Crippen LogP contribution in [0.25, 0.3) is 10.8 Å². The number of pyridine rings is 1. The predicted molar refractivity (Wildman–Crippen MR) is 79.1 cm³/mol. The molecule has 1 aromatic carbocycles. The number of amides is 1. The summed E-state index contributed by atoms with van der Waals surface area (Å²) in [4.78, 5) is 27.7. The molecular formula is C16H16N2O3. The molecule has 2 aromatic rings. The Kier molecular flexibility index (Phi) is 3.56. The number of nitrogens with zero attached hydrogens (tertiary/aromatic N) is 1. The number of aromatic nitrogens is 1. The summed E-state index contributed by atoms with van der Waals surface area (Å²) in [6.07, 6.45) is 4.45. The molecule has 0 spiro atoms. The van der Waals surface area contributed by atoms with E-state index < -0.39 is 0 Å². The lowest BCUT2D eigenvalue weighted by molar-refractivity contribution is -0.116. The van der Waals surface area contributed by atoms with Gasteiger partial charge in [-0.3, -0.25) is 4.79 Å². The summed E-state index contributed by atoms with van der Waals surface area (Å²) in [6.45, 7) is 0. The highest BCUT2D eigenvalue weighted by molar-refractivity contribution is 6.03. The SMILES string of the molecule is COC(=O)c1ccc2c(NC(=O)CC3CC3)nccc2c1. The summed E-state index contributed by atoms with van der Waals surface area (Å²) < 4.78 is 4.71. The number of anilines is 1. The van der Waals surface area contributed by atoms with E-state index in [1.165, 1.54) is 7.11 Å². The van der Waals surface area contributed by atoms with Gasteiger partial charge in [0.25, 0.3) is 0 Å². The zero-order valence-corrected chi connectivity index (χ0v) is 11.8. The van der Waals surface area contributed by atoms with E-state index in [1.54, 1.807) is 30.5 Å². The van der Waals surface area contributed by atoms with Crippen LogP contribution in [-0.2, 0) is 9.53 Å². The molecule has 0 aliphatic heterocycles. The first kappa shape index (κ1) is 13.5. The lowest BCUT2D eigenvalue weighted by Crippen LogP contribution is -2.13. The van der Waals surface area contributed by atoms with E-state index >= 15 is 0 Å². The fourth-order valence-electron chi connectivity index (χ4n) is 2.29. The molecule has 108 valence electrons. The fourth-order valence-corrected chi connectivity index (χ4v) is 2.29. The zero-order chi connectivity index (χ0) is 14.8. The van der Waals surface area contributed by atoms with Crippen molar-refractivity contribution in [1.29, 1.82) is 0 Å². The van der Waals surface area contributed by atoms with Gasteiger partial charge in [-0.2, -0.15) is 0 Å². The molecule has 1 aliphatic rings. The minimum absolute atomic E-state index is 0.00505. The molecule has 5 heteroatoms. The molecule has 0 unspecified atom stereocenters. The Morgan fingerprint density at radius 1 is 1.33 bits per heavy atom. The monoisotopic (exact) mass is 284 g/mol. The maximum absolute atomic E-state index is 11.9. The van der Waals surface area contributed by atoms with Crippen LogP contribution >= 0.6 is 0 Å². The third kappa shape index (κ3) is 3.02. The molecule has 5 nitrogen and oxygen atoms in total. The van der Waals surface area contributed by atoms with Crippen molar-refractivity contribution in [2.24, 2.45) is 5.92 Å². The van der Waals surface area contributed by atoms with Crippen molar-refractivity contribution < 1.29 is 14.3 Å². The first-order chi connectivity index (χ1) is 10.2. The Hall–Kier alpha value is -2.43. The smallest absolute Gasteiger partial charge is 0.337 e. The van der Waals surface area contributed by atoms with Gasteiger partial charge in [0.2, 0.25) is 5.91 Å². The van der Waals surface area contributed by atoms with E-state index in [4.69, 9.17) is 4.74 Å². The minimum Gasteiger partial charge on any atom is -0.465 e. The molecule has 1 fully saturated rings. The van der Waals surface area contributed by atoms with Gasteiger partial charge in [0.15, 0.2) is 0 Å². The molecule has 1 N–H and O–H groups in total. The second-order valence-corrected chi connectivity index (χ2v) is 5.28. The number of hydrogen-bond donors (Lipinski definition) is 1. The zero-order valence-electron chi connectivity index (χ0n) is 11.8. The van der Waals surface area contributed by atoms with Crippen molar-refractivity contribution in [2.75, 3.05) is 12.4 Å². The average Bonchev–Trinajstić information content (AvgIpc) is 3.30. The van der Waals surface area contributed by atoms with Gasteiger partial charge in [-0.15, -0.1) is 0 Å². The van der Waals surface area contributed by atoms with Crippen LogP contribution in [0.1, 0.15) is 29.6 Å². The fraction of sp³-hybridized carbons (Fsp3) is 0.312. The van der Waals surface area contributed by atoms with Crippen molar-refractivity contribution in [3.63, 3.8) is 0 Å². The van der Waals surface area contributed by atoms with Crippen LogP contribution in [0.4, 0.5) is 5.82 Å². The topological polar surface area (TPSA) is 68.3 Å². The first-order valence-corrected chi connectivity index (χ1v) is 6.94. The van der Waals surface area contributed by atoms with Gasteiger partial charge in [-0.25, -0.2) is 9.78 Å². The standard InChI is InChI=1S/C16H16N2O3/c1-21-16(20)12-4-5-13-11(9-12)6-7-17-15(13)18-14(19)8-10-2-3-10/h4-7,9-10H,2-3,8H2,1H3,(H,17,18,19). The molecule has 21 heavy (non-hydrogen) atoms. The van der Waals surface area contributed by atoms with Gasteiger partial charge in [-0.05, 0) is 48.4 Å². The average molecular weight is 284 g/mol. The second kappa shape index (κ2) is 5.52. The number of rotatable bonds is 4. The van der Waals surface area contributed by atoms with E-state index in [0.717, 1.165) is 23.6 Å². The van der Waals surface area contributed by atoms with Gasteiger partial charge < -0.3 is 10.1 Å². The van der Waals surface area contributed by atoms with Crippen molar-refractivity contribution in [3.8, 4) is 0 Å². The Bertz CT molecular complexity index is 708. The van der Waals surface area contributed by atoms with E-state index in [0.29, 0.717) is 23.7 Å². The molecule has 1 amide bonds. The number of fused-ring (bicyclic) bond motifs is 1. The lowest BCUT2D eigenvalue weighted by Gasteiger charge is -2.08. The van der Waals surface area contributed by atoms with Crippen molar-refractivity contribution in [1.82, 2.24) is 4.98 Å². The van der Waals surface area contributed by atoms with Crippen LogP contribution in [0.2, 0.25) is 0 Å². The number of esters is 1. The Morgan fingerprint density at radius 2 is 2.14 bits per heavy atom. The number of ether oxygens (including phenoxy) is 1.